The van der Waals surface area contributed by atoms with Gasteiger partial charge in [-0.05, 0) is 36.6 Å². The largest absolute Gasteiger partial charge is 0.385 e. The highest BCUT2D eigenvalue weighted by atomic mass is 16.1. The molecule has 0 spiro atoms. The van der Waals surface area contributed by atoms with Crippen molar-refractivity contribution in [3.63, 3.8) is 0 Å². The zero-order chi connectivity index (χ0) is 17.4. The second kappa shape index (κ2) is 6.02. The molecule has 0 unspecified atom stereocenters. The highest BCUT2D eigenvalue weighted by Gasteiger charge is 2.08. The molecule has 2 aromatic heterocycles. The predicted octanol–water partition coefficient (Wildman–Crippen LogP) is 3.58. The van der Waals surface area contributed by atoms with Gasteiger partial charge in [0, 0.05) is 53.6 Å². The van der Waals surface area contributed by atoms with Crippen LogP contribution in [0.2, 0.25) is 0 Å². The molecule has 0 aliphatic heterocycles. The number of anilines is 1. The van der Waals surface area contributed by atoms with Crippen LogP contribution in [-0.4, -0.2) is 21.3 Å². The van der Waals surface area contributed by atoms with Gasteiger partial charge in [0.1, 0.15) is 0 Å². The molecule has 0 aliphatic rings. The van der Waals surface area contributed by atoms with Gasteiger partial charge >= 0.3 is 0 Å². The number of aryl methyl sites for hydroxylation is 1. The maximum absolute atomic E-state index is 13.1. The molecule has 4 aromatic rings. The van der Waals surface area contributed by atoms with Crippen molar-refractivity contribution in [2.45, 2.75) is 6.92 Å². The zero-order valence-corrected chi connectivity index (χ0v) is 14.2. The second-order valence-corrected chi connectivity index (χ2v) is 6.05. The number of benzene rings is 1. The predicted molar refractivity (Wildman–Crippen MR) is 102 cm³/mol. The van der Waals surface area contributed by atoms with Gasteiger partial charge in [0.05, 0.1) is 11.7 Å². The number of aromatic nitrogens is 3. The van der Waals surface area contributed by atoms with Crippen LogP contribution in [0.15, 0.2) is 59.8 Å². The first-order valence-corrected chi connectivity index (χ1v) is 8.25. The summed E-state index contributed by atoms with van der Waals surface area (Å²) in [6.45, 7) is 2.85. The first-order chi connectivity index (χ1) is 12.2. The monoisotopic (exact) mass is 330 g/mol. The minimum atomic E-state index is -0.00649. The molecule has 4 rings (SSSR count). The van der Waals surface area contributed by atoms with Crippen molar-refractivity contribution >= 4 is 27.4 Å². The van der Waals surface area contributed by atoms with E-state index in [1.807, 2.05) is 56.6 Å². The third-order valence-corrected chi connectivity index (χ3v) is 4.30. The van der Waals surface area contributed by atoms with E-state index in [2.05, 4.69) is 15.4 Å². The van der Waals surface area contributed by atoms with Gasteiger partial charge in [-0.3, -0.25) is 14.5 Å². The summed E-state index contributed by atoms with van der Waals surface area (Å²) in [7, 11) is 1.87. The molecule has 0 radical (unpaired) electrons. The summed E-state index contributed by atoms with van der Waals surface area (Å²) in [6, 6.07) is 11.6. The molecule has 0 amide bonds. The van der Waals surface area contributed by atoms with E-state index in [4.69, 9.17) is 0 Å². The van der Waals surface area contributed by atoms with Gasteiger partial charge in [-0.2, -0.15) is 5.10 Å². The third-order valence-electron chi connectivity index (χ3n) is 4.30. The molecular weight excluding hydrogens is 312 g/mol. The summed E-state index contributed by atoms with van der Waals surface area (Å²) in [5.41, 5.74) is 3.47. The van der Waals surface area contributed by atoms with Crippen LogP contribution in [0.4, 0.5) is 5.69 Å². The minimum Gasteiger partial charge on any atom is -0.385 e. The first kappa shape index (κ1) is 15.3. The van der Waals surface area contributed by atoms with Crippen molar-refractivity contribution in [3.05, 3.63) is 65.2 Å². The molecular formula is C20H18N4O. The Morgan fingerprint density at radius 2 is 1.88 bits per heavy atom. The highest BCUT2D eigenvalue weighted by molar-refractivity contribution is 5.94. The fourth-order valence-corrected chi connectivity index (χ4v) is 3.04. The van der Waals surface area contributed by atoms with Crippen LogP contribution < -0.4 is 10.7 Å². The second-order valence-electron chi connectivity index (χ2n) is 6.05. The minimum absolute atomic E-state index is 0.00649. The number of pyridine rings is 1. The van der Waals surface area contributed by atoms with Crippen molar-refractivity contribution < 1.29 is 0 Å². The average molecular weight is 330 g/mol. The standard InChI is InChI=1S/C20H18N4O/c1-3-21-16-6-4-13-5-7-19-18(20(25)17(13)9-16)8-14(10-22-19)15-11-23-24(2)12-15/h4-12,21H,3H2,1-2H3. The normalized spacial score (nSPS) is 11.1. The van der Waals surface area contributed by atoms with Crippen LogP contribution >= 0.6 is 0 Å². The number of nitrogens with zero attached hydrogens (tertiary/aromatic N) is 3. The Bertz CT molecular complexity index is 1150. The van der Waals surface area contributed by atoms with Gasteiger partial charge in [-0.25, -0.2) is 0 Å². The fourth-order valence-electron chi connectivity index (χ4n) is 3.04. The summed E-state index contributed by atoms with van der Waals surface area (Å²) >= 11 is 0. The van der Waals surface area contributed by atoms with Crippen LogP contribution in [0.3, 0.4) is 0 Å². The van der Waals surface area contributed by atoms with Crippen molar-refractivity contribution in [1.29, 1.82) is 0 Å². The van der Waals surface area contributed by atoms with Crippen molar-refractivity contribution in [1.82, 2.24) is 14.8 Å². The molecule has 0 bridgehead atoms. The summed E-state index contributed by atoms with van der Waals surface area (Å²) in [4.78, 5) is 17.6. The van der Waals surface area contributed by atoms with E-state index in [0.29, 0.717) is 16.3 Å². The smallest absolute Gasteiger partial charge is 0.195 e. The quantitative estimate of drug-likeness (QED) is 0.624. The lowest BCUT2D eigenvalue weighted by molar-refractivity contribution is 0.768. The Labute approximate surface area is 144 Å². The van der Waals surface area contributed by atoms with Crippen LogP contribution in [0.5, 0.6) is 0 Å². The SMILES string of the molecule is CCNc1ccc2ccc3ncc(-c4cnn(C)c4)cc3c(=O)c2c1. The molecule has 5 nitrogen and oxygen atoms in total. The third kappa shape index (κ3) is 2.74. The molecule has 1 N–H and O–H groups in total. The van der Waals surface area contributed by atoms with Gasteiger partial charge in [0.25, 0.3) is 0 Å². The Morgan fingerprint density at radius 1 is 1.04 bits per heavy atom. The van der Waals surface area contributed by atoms with E-state index in [-0.39, 0.29) is 5.43 Å². The van der Waals surface area contributed by atoms with Gasteiger partial charge in [0.15, 0.2) is 5.43 Å². The van der Waals surface area contributed by atoms with Crippen LogP contribution in [-0.2, 0) is 7.05 Å². The summed E-state index contributed by atoms with van der Waals surface area (Å²) in [6.07, 6.45) is 5.48. The molecule has 25 heavy (non-hydrogen) atoms. The number of fused-ring (bicyclic) bond motifs is 2. The first-order valence-electron chi connectivity index (χ1n) is 8.25. The van der Waals surface area contributed by atoms with Crippen LogP contribution in [0, 0.1) is 0 Å². The molecule has 5 heteroatoms. The number of hydrogen-bond donors (Lipinski definition) is 1. The molecule has 2 heterocycles. The van der Waals surface area contributed by atoms with E-state index < -0.39 is 0 Å². The van der Waals surface area contributed by atoms with Crippen LogP contribution in [0.25, 0.3) is 32.8 Å². The maximum Gasteiger partial charge on any atom is 0.195 e. The van der Waals surface area contributed by atoms with Crippen LogP contribution in [0.1, 0.15) is 6.92 Å². The zero-order valence-electron chi connectivity index (χ0n) is 14.2. The molecule has 0 saturated heterocycles. The lowest BCUT2D eigenvalue weighted by Crippen LogP contribution is -2.01. The Hall–Kier alpha value is -3.21. The van der Waals surface area contributed by atoms with Gasteiger partial charge in [0.2, 0.25) is 0 Å². The summed E-state index contributed by atoms with van der Waals surface area (Å²) < 4.78 is 1.74. The molecule has 0 saturated carbocycles. The van der Waals surface area contributed by atoms with E-state index in [9.17, 15) is 4.79 Å². The molecule has 0 atom stereocenters. The van der Waals surface area contributed by atoms with E-state index >= 15 is 0 Å². The Kier molecular flexibility index (Phi) is 3.69. The van der Waals surface area contributed by atoms with E-state index in [1.54, 1.807) is 17.1 Å². The highest BCUT2D eigenvalue weighted by Crippen LogP contribution is 2.23. The van der Waals surface area contributed by atoms with Crippen molar-refractivity contribution in [2.24, 2.45) is 7.05 Å². The van der Waals surface area contributed by atoms with Gasteiger partial charge in [-0.1, -0.05) is 12.1 Å². The maximum atomic E-state index is 13.1. The summed E-state index contributed by atoms with van der Waals surface area (Å²) in [5.74, 6) is 0. The van der Waals surface area contributed by atoms with Crippen molar-refractivity contribution in [2.75, 3.05) is 11.9 Å². The molecule has 0 fully saturated rings. The van der Waals surface area contributed by atoms with Gasteiger partial charge in [-0.15, -0.1) is 0 Å². The van der Waals surface area contributed by atoms with E-state index in [1.165, 1.54) is 0 Å². The number of hydrogen-bond acceptors (Lipinski definition) is 4. The fraction of sp³-hybridized carbons (Fsp3) is 0.150. The lowest BCUT2D eigenvalue weighted by Gasteiger charge is -2.03. The molecule has 2 aromatic carbocycles. The Morgan fingerprint density at radius 3 is 2.64 bits per heavy atom. The number of rotatable bonds is 3. The average Bonchev–Trinajstić information content (AvgIpc) is 3.01. The van der Waals surface area contributed by atoms with Gasteiger partial charge < -0.3 is 5.32 Å². The lowest BCUT2D eigenvalue weighted by atomic mass is 10.1. The molecule has 0 aliphatic carbocycles. The Balaban J connectivity index is 2.01. The van der Waals surface area contributed by atoms with Crippen molar-refractivity contribution in [3.8, 4) is 11.1 Å². The number of nitrogens with one attached hydrogen (secondary N) is 1. The topological polar surface area (TPSA) is 59.8 Å². The van der Waals surface area contributed by atoms with E-state index in [0.717, 1.165) is 28.7 Å². The molecule has 124 valence electrons. The summed E-state index contributed by atoms with van der Waals surface area (Å²) in [5, 5.41) is 9.67.